The molecule has 0 fully saturated rings. The number of nitriles is 1. The Morgan fingerprint density at radius 2 is 2.18 bits per heavy atom. The van der Waals surface area contributed by atoms with Crippen molar-refractivity contribution >= 4 is 33.2 Å². The predicted octanol–water partition coefficient (Wildman–Crippen LogP) is 4.84. The molecular formula is C13H16BrClN2. The first-order chi connectivity index (χ1) is 7.94. The molecule has 17 heavy (non-hydrogen) atoms. The molecule has 0 aliphatic carbocycles. The minimum atomic E-state index is -0.245. The zero-order chi connectivity index (χ0) is 12.9. The molecule has 0 spiro atoms. The fourth-order valence-corrected chi connectivity index (χ4v) is 2.18. The highest BCUT2D eigenvalue weighted by molar-refractivity contribution is 9.10. The van der Waals surface area contributed by atoms with Gasteiger partial charge in [0.15, 0.2) is 0 Å². The van der Waals surface area contributed by atoms with Gasteiger partial charge >= 0.3 is 0 Å². The van der Waals surface area contributed by atoms with Crippen LogP contribution < -0.4 is 5.32 Å². The smallest absolute Gasteiger partial charge is 0.0683 e. The van der Waals surface area contributed by atoms with Crippen LogP contribution in [0.4, 0.5) is 5.69 Å². The van der Waals surface area contributed by atoms with E-state index in [0.29, 0.717) is 5.02 Å². The summed E-state index contributed by atoms with van der Waals surface area (Å²) in [7, 11) is 0. The quantitative estimate of drug-likeness (QED) is 0.789. The summed E-state index contributed by atoms with van der Waals surface area (Å²) in [4.78, 5) is 0. The van der Waals surface area contributed by atoms with Gasteiger partial charge in [-0.1, -0.05) is 27.5 Å². The van der Waals surface area contributed by atoms with Gasteiger partial charge in [0.05, 0.1) is 22.2 Å². The minimum Gasteiger partial charge on any atom is -0.384 e. The van der Waals surface area contributed by atoms with Crippen molar-refractivity contribution in [3.05, 3.63) is 27.7 Å². The lowest BCUT2D eigenvalue weighted by Crippen LogP contribution is -2.11. The van der Waals surface area contributed by atoms with Crippen molar-refractivity contribution in [2.75, 3.05) is 11.9 Å². The monoisotopic (exact) mass is 314 g/mol. The lowest BCUT2D eigenvalue weighted by atomic mass is 9.90. The second-order valence-corrected chi connectivity index (χ2v) is 5.97. The number of rotatable bonds is 5. The third-order valence-electron chi connectivity index (χ3n) is 2.53. The van der Waals surface area contributed by atoms with Gasteiger partial charge in [-0.3, -0.25) is 0 Å². The molecule has 0 amide bonds. The van der Waals surface area contributed by atoms with E-state index < -0.39 is 0 Å². The lowest BCUT2D eigenvalue weighted by Gasteiger charge is -2.15. The first-order valence-electron chi connectivity index (χ1n) is 5.55. The Morgan fingerprint density at radius 3 is 2.76 bits per heavy atom. The number of hydrogen-bond acceptors (Lipinski definition) is 2. The fraction of sp³-hybridized carbons (Fsp3) is 0.462. The van der Waals surface area contributed by atoms with Crippen molar-refractivity contribution in [2.24, 2.45) is 5.41 Å². The van der Waals surface area contributed by atoms with Gasteiger partial charge in [-0.2, -0.15) is 5.26 Å². The molecule has 0 bridgehead atoms. The molecule has 0 heterocycles. The van der Waals surface area contributed by atoms with E-state index in [1.165, 1.54) is 0 Å². The van der Waals surface area contributed by atoms with Crippen LogP contribution in [0.1, 0.15) is 26.7 Å². The van der Waals surface area contributed by atoms with Crippen LogP contribution >= 0.6 is 27.5 Å². The first kappa shape index (κ1) is 14.3. The maximum atomic E-state index is 8.89. The number of benzene rings is 1. The SMILES string of the molecule is CC(C)(C#N)CCCNc1ccc(Br)cc1Cl. The van der Waals surface area contributed by atoms with Crippen LogP contribution in [0.3, 0.4) is 0 Å². The Morgan fingerprint density at radius 1 is 1.47 bits per heavy atom. The molecule has 2 nitrogen and oxygen atoms in total. The maximum Gasteiger partial charge on any atom is 0.0683 e. The maximum absolute atomic E-state index is 8.89. The molecule has 1 aromatic carbocycles. The highest BCUT2D eigenvalue weighted by Gasteiger charge is 2.15. The molecule has 1 N–H and O–H groups in total. The lowest BCUT2D eigenvalue weighted by molar-refractivity contribution is 0.441. The Kier molecular flexibility index (Phi) is 5.30. The molecule has 0 saturated heterocycles. The summed E-state index contributed by atoms with van der Waals surface area (Å²) in [5.74, 6) is 0. The molecular weight excluding hydrogens is 300 g/mol. The van der Waals surface area contributed by atoms with Crippen LogP contribution in [-0.4, -0.2) is 6.54 Å². The van der Waals surface area contributed by atoms with Gasteiger partial charge < -0.3 is 5.32 Å². The minimum absolute atomic E-state index is 0.245. The normalized spacial score (nSPS) is 11.0. The van der Waals surface area contributed by atoms with E-state index in [-0.39, 0.29) is 5.41 Å². The topological polar surface area (TPSA) is 35.8 Å². The van der Waals surface area contributed by atoms with Gasteiger partial charge in [0.2, 0.25) is 0 Å². The zero-order valence-corrected chi connectivity index (χ0v) is 12.4. The molecule has 0 unspecified atom stereocenters. The molecule has 92 valence electrons. The molecule has 4 heteroatoms. The highest BCUT2D eigenvalue weighted by atomic mass is 79.9. The number of anilines is 1. The molecule has 0 radical (unpaired) electrons. The Bertz CT molecular complexity index is 424. The standard InChI is InChI=1S/C13H16BrClN2/c1-13(2,9-16)6-3-7-17-12-5-4-10(14)8-11(12)15/h4-5,8,17H,3,6-7H2,1-2H3. The average molecular weight is 316 g/mol. The van der Waals surface area contributed by atoms with Crippen molar-refractivity contribution < 1.29 is 0 Å². The van der Waals surface area contributed by atoms with Crippen molar-refractivity contribution in [3.63, 3.8) is 0 Å². The third kappa shape index (κ3) is 4.97. The van der Waals surface area contributed by atoms with Crippen molar-refractivity contribution in [3.8, 4) is 6.07 Å². The van der Waals surface area contributed by atoms with Crippen LogP contribution in [0.25, 0.3) is 0 Å². The Balaban J connectivity index is 2.39. The molecule has 0 aliphatic heterocycles. The summed E-state index contributed by atoms with van der Waals surface area (Å²) in [5, 5.41) is 12.9. The largest absolute Gasteiger partial charge is 0.384 e. The molecule has 1 rings (SSSR count). The second-order valence-electron chi connectivity index (χ2n) is 4.65. The third-order valence-corrected chi connectivity index (χ3v) is 3.33. The van der Waals surface area contributed by atoms with Crippen molar-refractivity contribution in [1.29, 1.82) is 5.26 Å². The summed E-state index contributed by atoms with van der Waals surface area (Å²) in [6.45, 7) is 4.74. The summed E-state index contributed by atoms with van der Waals surface area (Å²) >= 11 is 9.45. The van der Waals surface area contributed by atoms with Crippen LogP contribution in [0.2, 0.25) is 5.02 Å². The van der Waals surface area contributed by atoms with Gasteiger partial charge in [-0.05, 0) is 44.9 Å². The van der Waals surface area contributed by atoms with E-state index in [0.717, 1.165) is 29.5 Å². The van der Waals surface area contributed by atoms with E-state index >= 15 is 0 Å². The highest BCUT2D eigenvalue weighted by Crippen LogP contribution is 2.26. The molecule has 0 atom stereocenters. The fourth-order valence-electron chi connectivity index (χ4n) is 1.44. The first-order valence-corrected chi connectivity index (χ1v) is 6.72. The van der Waals surface area contributed by atoms with Crippen molar-refractivity contribution in [2.45, 2.75) is 26.7 Å². The van der Waals surface area contributed by atoms with E-state index in [9.17, 15) is 0 Å². The van der Waals surface area contributed by atoms with E-state index in [1.54, 1.807) is 0 Å². The van der Waals surface area contributed by atoms with E-state index in [1.807, 2.05) is 32.0 Å². The predicted molar refractivity (Wildman–Crippen MR) is 76.3 cm³/mol. The van der Waals surface area contributed by atoms with E-state index in [4.69, 9.17) is 16.9 Å². The van der Waals surface area contributed by atoms with Crippen LogP contribution in [0.5, 0.6) is 0 Å². The summed E-state index contributed by atoms with van der Waals surface area (Å²) in [5.41, 5.74) is 0.690. The van der Waals surface area contributed by atoms with Gasteiger partial charge in [0.1, 0.15) is 0 Å². The molecule has 0 aliphatic rings. The molecule has 0 aromatic heterocycles. The summed E-state index contributed by atoms with van der Waals surface area (Å²) < 4.78 is 0.971. The van der Waals surface area contributed by atoms with Gasteiger partial charge in [-0.25, -0.2) is 0 Å². The average Bonchev–Trinajstić information content (AvgIpc) is 2.27. The van der Waals surface area contributed by atoms with Gasteiger partial charge in [-0.15, -0.1) is 0 Å². The van der Waals surface area contributed by atoms with Crippen molar-refractivity contribution in [1.82, 2.24) is 0 Å². The molecule has 0 saturated carbocycles. The van der Waals surface area contributed by atoms with Crippen LogP contribution in [0.15, 0.2) is 22.7 Å². The Labute approximate surface area is 116 Å². The van der Waals surface area contributed by atoms with E-state index in [2.05, 4.69) is 27.3 Å². The van der Waals surface area contributed by atoms with Crippen LogP contribution in [0, 0.1) is 16.7 Å². The number of nitrogens with one attached hydrogen (secondary N) is 1. The van der Waals surface area contributed by atoms with Gasteiger partial charge in [0, 0.05) is 11.0 Å². The number of nitrogens with zero attached hydrogens (tertiary/aromatic N) is 1. The molecule has 1 aromatic rings. The second kappa shape index (κ2) is 6.28. The summed E-state index contributed by atoms with van der Waals surface area (Å²) in [6, 6.07) is 8.06. The number of halogens is 2. The summed E-state index contributed by atoms with van der Waals surface area (Å²) in [6.07, 6.45) is 1.83. The Hall–Kier alpha value is -0.720. The van der Waals surface area contributed by atoms with Gasteiger partial charge in [0.25, 0.3) is 0 Å². The van der Waals surface area contributed by atoms with Crippen LogP contribution in [-0.2, 0) is 0 Å². The zero-order valence-electron chi connectivity index (χ0n) is 10.1. The number of hydrogen-bond donors (Lipinski definition) is 1.